The smallest absolute Gasteiger partial charge is 0.339 e. The minimum Gasteiger partial charge on any atom is -0.466 e. The van der Waals surface area contributed by atoms with Gasteiger partial charge in [0.1, 0.15) is 11.5 Å². The van der Waals surface area contributed by atoms with Gasteiger partial charge < -0.3 is 14.5 Å². The molecule has 1 amide bonds. The average Bonchev–Trinajstić information content (AvgIpc) is 3.27. The molecule has 0 aromatic carbocycles. The molecule has 0 aliphatic rings. The molecule has 1 unspecified atom stereocenters. The molecule has 1 atom stereocenters. The lowest BCUT2D eigenvalue weighted by Crippen LogP contribution is -2.38. The predicted molar refractivity (Wildman–Crippen MR) is 118 cm³/mol. The predicted octanol–water partition coefficient (Wildman–Crippen LogP) is 4.21. The monoisotopic (exact) mass is 426 g/mol. The fourth-order valence-electron chi connectivity index (χ4n) is 3.26. The van der Waals surface area contributed by atoms with Crippen LogP contribution < -0.4 is 5.32 Å². The molecule has 0 fully saturated rings. The van der Waals surface area contributed by atoms with Gasteiger partial charge in [-0.25, -0.2) is 14.5 Å². The van der Waals surface area contributed by atoms with E-state index in [9.17, 15) is 9.59 Å². The first-order valence-electron chi connectivity index (χ1n) is 10.5. The quantitative estimate of drug-likeness (QED) is 0.568. The molecule has 3 aromatic rings. The number of nitrogens with one attached hydrogen (secondary N) is 1. The van der Waals surface area contributed by atoms with Crippen LogP contribution in [0.2, 0.25) is 0 Å². The molecule has 3 heterocycles. The first-order chi connectivity index (χ1) is 14.6. The molecule has 0 saturated heterocycles. The summed E-state index contributed by atoms with van der Waals surface area (Å²) >= 11 is 0. The van der Waals surface area contributed by atoms with Crippen molar-refractivity contribution < 1.29 is 18.7 Å². The fourth-order valence-corrected chi connectivity index (χ4v) is 3.26. The van der Waals surface area contributed by atoms with Gasteiger partial charge in [-0.05, 0) is 52.7 Å². The second-order valence-corrected chi connectivity index (χ2v) is 8.48. The van der Waals surface area contributed by atoms with Crippen molar-refractivity contribution in [3.63, 3.8) is 0 Å². The number of aryl methyl sites for hydroxylation is 2. The number of aromatic nitrogens is 3. The second-order valence-electron chi connectivity index (χ2n) is 8.48. The highest BCUT2D eigenvalue weighted by Crippen LogP contribution is 2.30. The molecule has 31 heavy (non-hydrogen) atoms. The zero-order valence-electron chi connectivity index (χ0n) is 19.1. The van der Waals surface area contributed by atoms with Crippen LogP contribution in [-0.4, -0.2) is 39.3 Å². The van der Waals surface area contributed by atoms with E-state index in [-0.39, 0.29) is 30.5 Å². The molecule has 3 aromatic heterocycles. The first kappa shape index (κ1) is 22.5. The standard InChI is InChI=1S/C23H30N4O4/c1-12(2)15(6)25-21(28)11-30-23(29)18-9-20(17-8-14(5)31-16(17)7)26-22-19(18)10-24-27(22)13(3)4/h8-10,12-13,15H,11H2,1-7H3,(H,25,28). The highest BCUT2D eigenvalue weighted by Gasteiger charge is 2.22. The van der Waals surface area contributed by atoms with E-state index in [1.165, 1.54) is 0 Å². The number of pyridine rings is 1. The molecule has 3 rings (SSSR count). The number of esters is 1. The summed E-state index contributed by atoms with van der Waals surface area (Å²) in [6.45, 7) is 13.3. The van der Waals surface area contributed by atoms with Gasteiger partial charge in [-0.15, -0.1) is 0 Å². The molecule has 0 saturated carbocycles. The van der Waals surface area contributed by atoms with Crippen LogP contribution in [0.5, 0.6) is 0 Å². The summed E-state index contributed by atoms with van der Waals surface area (Å²) in [5.41, 5.74) is 2.29. The molecule has 0 aliphatic heterocycles. The summed E-state index contributed by atoms with van der Waals surface area (Å²) in [6, 6.07) is 3.60. The van der Waals surface area contributed by atoms with E-state index in [0.717, 1.165) is 11.3 Å². The second kappa shape index (κ2) is 8.91. The minimum atomic E-state index is -0.595. The van der Waals surface area contributed by atoms with Crippen LogP contribution in [0.1, 0.15) is 62.5 Å². The van der Waals surface area contributed by atoms with Crippen molar-refractivity contribution in [1.82, 2.24) is 20.1 Å². The van der Waals surface area contributed by atoms with Crippen LogP contribution >= 0.6 is 0 Å². The van der Waals surface area contributed by atoms with E-state index < -0.39 is 5.97 Å². The van der Waals surface area contributed by atoms with E-state index in [0.29, 0.717) is 28.1 Å². The number of amides is 1. The Hall–Kier alpha value is -3.16. The third-order valence-electron chi connectivity index (χ3n) is 5.32. The molecule has 0 aliphatic carbocycles. The molecule has 0 spiro atoms. The lowest BCUT2D eigenvalue weighted by molar-refractivity contribution is -0.125. The van der Waals surface area contributed by atoms with E-state index in [4.69, 9.17) is 14.1 Å². The van der Waals surface area contributed by atoms with Gasteiger partial charge in [-0.3, -0.25) is 4.79 Å². The fraction of sp³-hybridized carbons (Fsp3) is 0.478. The molecule has 1 N–H and O–H groups in total. The number of hydrogen-bond donors (Lipinski definition) is 1. The Balaban J connectivity index is 1.96. The molecule has 8 heteroatoms. The number of fused-ring (bicyclic) bond motifs is 1. The van der Waals surface area contributed by atoms with Crippen LogP contribution in [-0.2, 0) is 9.53 Å². The Morgan fingerprint density at radius 3 is 2.45 bits per heavy atom. The lowest BCUT2D eigenvalue weighted by Gasteiger charge is -2.17. The Kier molecular flexibility index (Phi) is 6.48. The van der Waals surface area contributed by atoms with Crippen molar-refractivity contribution in [2.45, 2.75) is 60.5 Å². The van der Waals surface area contributed by atoms with Gasteiger partial charge in [-0.1, -0.05) is 13.8 Å². The maximum Gasteiger partial charge on any atom is 0.339 e. The number of rotatable bonds is 7. The summed E-state index contributed by atoms with van der Waals surface area (Å²) in [5.74, 6) is 0.820. The van der Waals surface area contributed by atoms with Gasteiger partial charge in [0.2, 0.25) is 0 Å². The van der Waals surface area contributed by atoms with E-state index in [2.05, 4.69) is 10.4 Å². The van der Waals surface area contributed by atoms with Crippen LogP contribution in [0.4, 0.5) is 0 Å². The number of nitrogens with zero attached hydrogens (tertiary/aromatic N) is 3. The lowest BCUT2D eigenvalue weighted by atomic mass is 10.1. The van der Waals surface area contributed by atoms with Crippen LogP contribution in [0, 0.1) is 19.8 Å². The Bertz CT molecular complexity index is 1110. The minimum absolute atomic E-state index is 0.0120. The van der Waals surface area contributed by atoms with E-state index in [1.54, 1.807) is 16.9 Å². The van der Waals surface area contributed by atoms with E-state index in [1.807, 2.05) is 54.5 Å². The van der Waals surface area contributed by atoms with Gasteiger partial charge in [0.05, 0.1) is 22.8 Å². The molecular formula is C23H30N4O4. The zero-order chi connectivity index (χ0) is 22.9. The number of furan rings is 1. The molecule has 8 nitrogen and oxygen atoms in total. The highest BCUT2D eigenvalue weighted by atomic mass is 16.5. The van der Waals surface area contributed by atoms with Crippen LogP contribution in [0.15, 0.2) is 22.7 Å². The maximum atomic E-state index is 12.9. The normalized spacial score (nSPS) is 12.5. The molecule has 166 valence electrons. The third kappa shape index (κ3) is 4.78. The summed E-state index contributed by atoms with van der Waals surface area (Å²) in [4.78, 5) is 29.9. The Morgan fingerprint density at radius 2 is 1.87 bits per heavy atom. The number of ether oxygens (including phenoxy) is 1. The van der Waals surface area contributed by atoms with Crippen molar-refractivity contribution in [1.29, 1.82) is 0 Å². The number of carbonyl (C=O) groups is 2. The van der Waals surface area contributed by atoms with Crippen molar-refractivity contribution in [3.05, 3.63) is 35.4 Å². The van der Waals surface area contributed by atoms with Gasteiger partial charge in [0.25, 0.3) is 5.91 Å². The maximum absolute atomic E-state index is 12.9. The number of hydrogen-bond acceptors (Lipinski definition) is 6. The van der Waals surface area contributed by atoms with Gasteiger partial charge >= 0.3 is 5.97 Å². The first-order valence-corrected chi connectivity index (χ1v) is 10.5. The van der Waals surface area contributed by atoms with Crippen LogP contribution in [0.3, 0.4) is 0 Å². The SMILES string of the molecule is Cc1cc(-c2cc(C(=O)OCC(=O)NC(C)C(C)C)c3cnn(C(C)C)c3n2)c(C)o1. The summed E-state index contributed by atoms with van der Waals surface area (Å²) in [7, 11) is 0. The molecule has 0 radical (unpaired) electrons. The van der Waals surface area contributed by atoms with E-state index >= 15 is 0 Å². The molecular weight excluding hydrogens is 396 g/mol. The van der Waals surface area contributed by atoms with Crippen LogP contribution in [0.25, 0.3) is 22.3 Å². The Morgan fingerprint density at radius 1 is 1.16 bits per heavy atom. The third-order valence-corrected chi connectivity index (χ3v) is 5.32. The average molecular weight is 427 g/mol. The summed E-state index contributed by atoms with van der Waals surface area (Å²) in [5, 5.41) is 7.81. The largest absolute Gasteiger partial charge is 0.466 e. The Labute approximate surface area is 182 Å². The van der Waals surface area contributed by atoms with Crippen molar-refractivity contribution >= 4 is 22.9 Å². The van der Waals surface area contributed by atoms with Crippen molar-refractivity contribution in [2.75, 3.05) is 6.61 Å². The van der Waals surface area contributed by atoms with Gasteiger partial charge in [0, 0.05) is 17.6 Å². The molecule has 0 bridgehead atoms. The highest BCUT2D eigenvalue weighted by molar-refractivity contribution is 6.04. The van der Waals surface area contributed by atoms with Crippen molar-refractivity contribution in [3.8, 4) is 11.3 Å². The van der Waals surface area contributed by atoms with Gasteiger partial charge in [-0.2, -0.15) is 5.10 Å². The van der Waals surface area contributed by atoms with Gasteiger partial charge in [0.15, 0.2) is 12.3 Å². The topological polar surface area (TPSA) is 99.2 Å². The van der Waals surface area contributed by atoms with Crippen molar-refractivity contribution in [2.24, 2.45) is 5.92 Å². The summed E-state index contributed by atoms with van der Waals surface area (Å²) in [6.07, 6.45) is 1.61. The summed E-state index contributed by atoms with van der Waals surface area (Å²) < 4.78 is 12.7. The number of carbonyl (C=O) groups excluding carboxylic acids is 2. The zero-order valence-corrected chi connectivity index (χ0v) is 19.1.